The van der Waals surface area contributed by atoms with Gasteiger partial charge in [0.05, 0.1) is 11.3 Å². The lowest BCUT2D eigenvalue weighted by molar-refractivity contribution is -0.120. The molecule has 0 radical (unpaired) electrons. The van der Waals surface area contributed by atoms with Crippen LogP contribution in [0, 0.1) is 19.7 Å². The molecule has 0 saturated heterocycles. The average Bonchev–Trinajstić information content (AvgIpc) is 2.97. The summed E-state index contributed by atoms with van der Waals surface area (Å²) in [6.45, 7) is 5.18. The molecule has 3 amide bonds. The summed E-state index contributed by atoms with van der Waals surface area (Å²) in [6, 6.07) is 17.8. The van der Waals surface area contributed by atoms with Crippen LogP contribution in [-0.4, -0.2) is 17.7 Å². The normalized spacial score (nSPS) is 13.5. The molecule has 1 heterocycles. The average molecular weight is 443 g/mol. The third-order valence-corrected chi connectivity index (χ3v) is 5.14. The largest absolute Gasteiger partial charge is 0.350 e. The number of carbonyl (C=O) groups excluding carboxylic acids is 3. The van der Waals surface area contributed by atoms with Crippen LogP contribution in [0.25, 0.3) is 5.57 Å². The van der Waals surface area contributed by atoms with Crippen molar-refractivity contribution < 1.29 is 18.8 Å². The predicted molar refractivity (Wildman–Crippen MR) is 126 cm³/mol. The van der Waals surface area contributed by atoms with Crippen LogP contribution in [0.2, 0.25) is 0 Å². The first-order valence-corrected chi connectivity index (χ1v) is 10.3. The smallest absolute Gasteiger partial charge is 0.282 e. The summed E-state index contributed by atoms with van der Waals surface area (Å²) in [5.41, 5.74) is 3.92. The summed E-state index contributed by atoms with van der Waals surface area (Å²) >= 11 is 0. The molecule has 0 spiro atoms. The molecule has 4 rings (SSSR count). The van der Waals surface area contributed by atoms with Crippen LogP contribution in [-0.2, 0) is 14.4 Å². The number of amides is 3. The zero-order valence-corrected chi connectivity index (χ0v) is 18.4. The monoisotopic (exact) mass is 443 g/mol. The fourth-order valence-electron chi connectivity index (χ4n) is 3.86. The second kappa shape index (κ2) is 8.70. The van der Waals surface area contributed by atoms with Crippen molar-refractivity contribution in [3.8, 4) is 0 Å². The van der Waals surface area contributed by atoms with Crippen LogP contribution in [0.3, 0.4) is 0 Å². The van der Waals surface area contributed by atoms with E-state index in [9.17, 15) is 18.8 Å². The van der Waals surface area contributed by atoms with E-state index in [2.05, 4.69) is 10.6 Å². The third-order valence-electron chi connectivity index (χ3n) is 5.14. The van der Waals surface area contributed by atoms with E-state index in [0.29, 0.717) is 22.6 Å². The molecule has 0 aromatic heterocycles. The predicted octanol–water partition coefficient (Wildman–Crippen LogP) is 4.80. The molecule has 33 heavy (non-hydrogen) atoms. The van der Waals surface area contributed by atoms with Crippen LogP contribution in [0.1, 0.15) is 23.6 Å². The summed E-state index contributed by atoms with van der Waals surface area (Å²) in [6.07, 6.45) is 0. The Morgan fingerprint density at radius 1 is 0.848 bits per heavy atom. The van der Waals surface area contributed by atoms with Crippen molar-refractivity contribution in [3.63, 3.8) is 0 Å². The molecule has 6 nitrogen and oxygen atoms in total. The van der Waals surface area contributed by atoms with Gasteiger partial charge < -0.3 is 10.6 Å². The maximum Gasteiger partial charge on any atom is 0.282 e. The number of halogens is 1. The Bertz CT molecular complexity index is 1290. The summed E-state index contributed by atoms with van der Waals surface area (Å²) in [7, 11) is 0. The van der Waals surface area contributed by atoms with Gasteiger partial charge >= 0.3 is 0 Å². The minimum absolute atomic E-state index is 0.0528. The van der Waals surface area contributed by atoms with Crippen molar-refractivity contribution in [2.24, 2.45) is 0 Å². The van der Waals surface area contributed by atoms with Crippen molar-refractivity contribution in [2.75, 3.05) is 15.5 Å². The summed E-state index contributed by atoms with van der Waals surface area (Å²) < 4.78 is 13.8. The van der Waals surface area contributed by atoms with E-state index in [0.717, 1.165) is 16.0 Å². The Labute approximate surface area is 190 Å². The number of carbonyl (C=O) groups is 3. The van der Waals surface area contributed by atoms with Gasteiger partial charge in [0.1, 0.15) is 11.5 Å². The first kappa shape index (κ1) is 22.0. The second-order valence-electron chi connectivity index (χ2n) is 7.94. The van der Waals surface area contributed by atoms with Crippen LogP contribution in [0.15, 0.2) is 72.4 Å². The van der Waals surface area contributed by atoms with E-state index in [1.807, 2.05) is 19.9 Å². The lowest BCUT2D eigenvalue weighted by Gasteiger charge is -2.17. The molecule has 0 atom stereocenters. The standard InChI is InChI=1S/C26H22FN3O3/c1-15-11-16(2)13-22(12-15)30-25(32)23(18-7-9-20(10-8-18)28-17(3)31)24(26(30)33)29-21-6-4-5-19(27)14-21/h4-14,29H,1-3H3,(H,28,31). The molecule has 7 heteroatoms. The number of aryl methyl sites for hydroxylation is 2. The molecular formula is C26H22FN3O3. The highest BCUT2D eigenvalue weighted by atomic mass is 19.1. The van der Waals surface area contributed by atoms with Crippen LogP contribution in [0.5, 0.6) is 0 Å². The summed E-state index contributed by atoms with van der Waals surface area (Å²) in [5.74, 6) is -1.71. The van der Waals surface area contributed by atoms with Gasteiger partial charge in [0, 0.05) is 18.3 Å². The maximum absolute atomic E-state index is 13.8. The summed E-state index contributed by atoms with van der Waals surface area (Å²) in [5, 5.41) is 5.62. The molecule has 2 N–H and O–H groups in total. The number of imide groups is 1. The number of rotatable bonds is 5. The van der Waals surface area contributed by atoms with E-state index >= 15 is 0 Å². The molecular weight excluding hydrogens is 421 g/mol. The van der Waals surface area contributed by atoms with Crippen molar-refractivity contribution in [1.29, 1.82) is 0 Å². The number of nitrogens with zero attached hydrogens (tertiary/aromatic N) is 1. The van der Waals surface area contributed by atoms with Gasteiger partial charge in [0.15, 0.2) is 0 Å². The highest BCUT2D eigenvalue weighted by Gasteiger charge is 2.40. The minimum Gasteiger partial charge on any atom is -0.350 e. The first-order chi connectivity index (χ1) is 15.7. The highest BCUT2D eigenvalue weighted by molar-refractivity contribution is 6.46. The SMILES string of the molecule is CC(=O)Nc1ccc(C2=C(Nc3cccc(F)c3)C(=O)N(c3cc(C)cc(C)c3)C2=O)cc1. The first-order valence-electron chi connectivity index (χ1n) is 10.3. The molecule has 1 aliphatic heterocycles. The van der Waals surface area contributed by atoms with Crippen LogP contribution >= 0.6 is 0 Å². The highest BCUT2D eigenvalue weighted by Crippen LogP contribution is 2.35. The van der Waals surface area contributed by atoms with Gasteiger partial charge in [0.2, 0.25) is 5.91 Å². The zero-order valence-electron chi connectivity index (χ0n) is 18.4. The second-order valence-corrected chi connectivity index (χ2v) is 7.94. The van der Waals surface area contributed by atoms with Gasteiger partial charge in [-0.05, 0) is 73.0 Å². The number of nitrogens with one attached hydrogen (secondary N) is 2. The van der Waals surface area contributed by atoms with Gasteiger partial charge in [-0.25, -0.2) is 9.29 Å². The molecule has 1 aliphatic rings. The fraction of sp³-hybridized carbons (Fsp3) is 0.115. The van der Waals surface area contributed by atoms with Crippen LogP contribution < -0.4 is 15.5 Å². The van der Waals surface area contributed by atoms with E-state index in [1.54, 1.807) is 42.5 Å². The quantitative estimate of drug-likeness (QED) is 0.556. The molecule has 0 fully saturated rings. The Morgan fingerprint density at radius 2 is 1.52 bits per heavy atom. The molecule has 0 bridgehead atoms. The van der Waals surface area contributed by atoms with Crippen molar-refractivity contribution in [2.45, 2.75) is 20.8 Å². The van der Waals surface area contributed by atoms with Gasteiger partial charge in [-0.3, -0.25) is 14.4 Å². The number of anilines is 3. The van der Waals surface area contributed by atoms with E-state index in [1.165, 1.54) is 25.1 Å². The van der Waals surface area contributed by atoms with Crippen LogP contribution in [0.4, 0.5) is 21.5 Å². The maximum atomic E-state index is 13.8. The Balaban J connectivity index is 1.81. The fourth-order valence-corrected chi connectivity index (χ4v) is 3.86. The summed E-state index contributed by atoms with van der Waals surface area (Å²) in [4.78, 5) is 39.4. The number of hydrogen-bond acceptors (Lipinski definition) is 4. The lowest BCUT2D eigenvalue weighted by Crippen LogP contribution is -2.32. The molecule has 0 aliphatic carbocycles. The Morgan fingerprint density at radius 3 is 2.12 bits per heavy atom. The molecule has 0 saturated carbocycles. The molecule has 0 unspecified atom stereocenters. The third kappa shape index (κ3) is 4.52. The number of hydrogen-bond donors (Lipinski definition) is 2. The van der Waals surface area contributed by atoms with Gasteiger partial charge in [-0.2, -0.15) is 0 Å². The van der Waals surface area contributed by atoms with Gasteiger partial charge in [-0.1, -0.05) is 24.3 Å². The van der Waals surface area contributed by atoms with E-state index in [-0.39, 0.29) is 17.2 Å². The lowest BCUT2D eigenvalue weighted by atomic mass is 10.0. The van der Waals surface area contributed by atoms with Crippen molar-refractivity contribution in [1.82, 2.24) is 0 Å². The van der Waals surface area contributed by atoms with E-state index < -0.39 is 17.6 Å². The van der Waals surface area contributed by atoms with Gasteiger partial charge in [0.25, 0.3) is 11.8 Å². The molecule has 3 aromatic carbocycles. The zero-order chi connectivity index (χ0) is 23.7. The van der Waals surface area contributed by atoms with Crippen molar-refractivity contribution >= 4 is 40.4 Å². The van der Waals surface area contributed by atoms with Gasteiger partial charge in [-0.15, -0.1) is 0 Å². The molecule has 166 valence electrons. The van der Waals surface area contributed by atoms with Crippen molar-refractivity contribution in [3.05, 3.63) is 94.9 Å². The minimum atomic E-state index is -0.532. The molecule has 3 aromatic rings. The topological polar surface area (TPSA) is 78.5 Å². The number of benzene rings is 3. The van der Waals surface area contributed by atoms with E-state index in [4.69, 9.17) is 0 Å². The Hall–Kier alpha value is -4.26. The Kier molecular flexibility index (Phi) is 5.79.